The fourth-order valence-corrected chi connectivity index (χ4v) is 3.50. The standard InChI is InChI=1S/C17H21N3O2S/c1-12-8-13(2)19-17(18-12)22-15-4-3-6-20(10-15)16(21)9-14-5-7-23-11-14/h5,7-8,11,15H,3-4,6,9-10H2,1-2H3/t15-/m1/s1. The lowest BCUT2D eigenvalue weighted by molar-refractivity contribution is -0.133. The van der Waals surface area contributed by atoms with Crippen LogP contribution in [0.5, 0.6) is 6.01 Å². The first-order valence-corrected chi connectivity index (χ1v) is 8.82. The zero-order chi connectivity index (χ0) is 16.2. The quantitative estimate of drug-likeness (QED) is 0.864. The smallest absolute Gasteiger partial charge is 0.317 e. The van der Waals surface area contributed by atoms with Gasteiger partial charge in [-0.2, -0.15) is 11.3 Å². The highest BCUT2D eigenvalue weighted by molar-refractivity contribution is 7.07. The summed E-state index contributed by atoms with van der Waals surface area (Å²) in [6.45, 7) is 5.27. The maximum absolute atomic E-state index is 12.4. The van der Waals surface area contributed by atoms with Crippen LogP contribution in [0.25, 0.3) is 0 Å². The third-order valence-electron chi connectivity index (χ3n) is 3.90. The minimum atomic E-state index is -0.0311. The van der Waals surface area contributed by atoms with E-state index >= 15 is 0 Å². The molecule has 0 aromatic carbocycles. The van der Waals surface area contributed by atoms with Gasteiger partial charge in [0.2, 0.25) is 5.91 Å². The van der Waals surface area contributed by atoms with Crippen LogP contribution in [0.15, 0.2) is 22.9 Å². The van der Waals surface area contributed by atoms with Crippen molar-refractivity contribution in [3.05, 3.63) is 39.8 Å². The second-order valence-corrected chi connectivity index (χ2v) is 6.74. The topological polar surface area (TPSA) is 55.3 Å². The Morgan fingerprint density at radius 1 is 1.39 bits per heavy atom. The number of hydrogen-bond acceptors (Lipinski definition) is 5. The van der Waals surface area contributed by atoms with E-state index in [0.29, 0.717) is 19.0 Å². The first-order chi connectivity index (χ1) is 11.1. The van der Waals surface area contributed by atoms with Gasteiger partial charge in [-0.15, -0.1) is 0 Å². The number of aryl methyl sites for hydroxylation is 2. The van der Waals surface area contributed by atoms with Crippen molar-refractivity contribution in [1.29, 1.82) is 0 Å². The normalized spacial score (nSPS) is 18.0. The summed E-state index contributed by atoms with van der Waals surface area (Å²) in [7, 11) is 0. The summed E-state index contributed by atoms with van der Waals surface area (Å²) in [5, 5.41) is 4.03. The Labute approximate surface area is 140 Å². The molecule has 0 radical (unpaired) electrons. The molecule has 6 heteroatoms. The van der Waals surface area contributed by atoms with E-state index in [2.05, 4.69) is 9.97 Å². The van der Waals surface area contributed by atoms with Gasteiger partial charge in [0.1, 0.15) is 6.10 Å². The van der Waals surface area contributed by atoms with Gasteiger partial charge in [0.15, 0.2) is 0 Å². The highest BCUT2D eigenvalue weighted by atomic mass is 32.1. The number of thiophene rings is 1. The van der Waals surface area contributed by atoms with Crippen LogP contribution in [0.2, 0.25) is 0 Å². The summed E-state index contributed by atoms with van der Waals surface area (Å²) >= 11 is 1.62. The third kappa shape index (κ3) is 4.28. The molecule has 0 unspecified atom stereocenters. The molecule has 3 rings (SSSR count). The number of nitrogens with zero attached hydrogens (tertiary/aromatic N) is 3. The fourth-order valence-electron chi connectivity index (χ4n) is 2.84. The van der Waals surface area contributed by atoms with Crippen LogP contribution in [-0.4, -0.2) is 40.0 Å². The van der Waals surface area contributed by atoms with Gasteiger partial charge in [-0.3, -0.25) is 4.79 Å². The van der Waals surface area contributed by atoms with Crippen LogP contribution < -0.4 is 4.74 Å². The molecule has 2 aromatic rings. The summed E-state index contributed by atoms with van der Waals surface area (Å²) in [6.07, 6.45) is 2.32. The number of likely N-dealkylation sites (tertiary alicyclic amines) is 1. The van der Waals surface area contributed by atoms with Gasteiger partial charge in [-0.05, 0) is 55.1 Å². The van der Waals surface area contributed by atoms with Crippen molar-refractivity contribution in [2.24, 2.45) is 0 Å². The minimum absolute atomic E-state index is 0.0311. The lowest BCUT2D eigenvalue weighted by Gasteiger charge is -2.32. The number of piperidine rings is 1. The van der Waals surface area contributed by atoms with Crippen LogP contribution in [0.4, 0.5) is 0 Å². The monoisotopic (exact) mass is 331 g/mol. The molecule has 0 saturated carbocycles. The molecular weight excluding hydrogens is 310 g/mol. The summed E-state index contributed by atoms with van der Waals surface area (Å²) in [6, 6.07) is 4.34. The molecule has 23 heavy (non-hydrogen) atoms. The Morgan fingerprint density at radius 2 is 2.17 bits per heavy atom. The molecule has 1 saturated heterocycles. The third-order valence-corrected chi connectivity index (χ3v) is 4.63. The highest BCUT2D eigenvalue weighted by Gasteiger charge is 2.25. The van der Waals surface area contributed by atoms with E-state index in [-0.39, 0.29) is 12.0 Å². The number of carbonyl (C=O) groups excluding carboxylic acids is 1. The maximum atomic E-state index is 12.4. The maximum Gasteiger partial charge on any atom is 0.317 e. The lowest BCUT2D eigenvalue weighted by Crippen LogP contribution is -2.45. The Bertz CT molecular complexity index is 652. The number of amides is 1. The number of ether oxygens (including phenoxy) is 1. The van der Waals surface area contributed by atoms with E-state index < -0.39 is 0 Å². The summed E-state index contributed by atoms with van der Waals surface area (Å²) in [4.78, 5) is 23.0. The molecule has 1 aliphatic rings. The van der Waals surface area contributed by atoms with Crippen molar-refractivity contribution in [1.82, 2.24) is 14.9 Å². The van der Waals surface area contributed by atoms with Crippen LogP contribution in [0.3, 0.4) is 0 Å². The number of aromatic nitrogens is 2. The van der Waals surface area contributed by atoms with E-state index in [1.54, 1.807) is 11.3 Å². The number of rotatable bonds is 4. The van der Waals surface area contributed by atoms with Crippen molar-refractivity contribution in [2.75, 3.05) is 13.1 Å². The zero-order valence-electron chi connectivity index (χ0n) is 13.5. The Hall–Kier alpha value is -1.95. The summed E-state index contributed by atoms with van der Waals surface area (Å²) in [5.41, 5.74) is 2.88. The predicted molar refractivity (Wildman–Crippen MR) is 89.8 cm³/mol. The zero-order valence-corrected chi connectivity index (χ0v) is 14.3. The van der Waals surface area contributed by atoms with E-state index in [1.165, 1.54) is 0 Å². The SMILES string of the molecule is Cc1cc(C)nc(O[C@@H]2CCCN(C(=O)Cc3ccsc3)C2)n1. The molecule has 122 valence electrons. The van der Waals surface area contributed by atoms with E-state index in [9.17, 15) is 4.79 Å². The largest absolute Gasteiger partial charge is 0.458 e. The van der Waals surface area contributed by atoms with Crippen molar-refractivity contribution in [3.8, 4) is 6.01 Å². The van der Waals surface area contributed by atoms with Gasteiger partial charge >= 0.3 is 6.01 Å². The fraction of sp³-hybridized carbons (Fsp3) is 0.471. The first kappa shape index (κ1) is 15.9. The molecular formula is C17H21N3O2S. The van der Waals surface area contributed by atoms with Crippen molar-refractivity contribution in [2.45, 2.75) is 39.2 Å². The molecule has 2 aromatic heterocycles. The van der Waals surface area contributed by atoms with Gasteiger partial charge < -0.3 is 9.64 Å². The van der Waals surface area contributed by atoms with E-state index in [4.69, 9.17) is 4.74 Å². The van der Waals surface area contributed by atoms with Crippen LogP contribution >= 0.6 is 11.3 Å². The summed E-state index contributed by atoms with van der Waals surface area (Å²) in [5.74, 6) is 0.165. The van der Waals surface area contributed by atoms with Crippen LogP contribution in [0, 0.1) is 13.8 Å². The molecule has 0 N–H and O–H groups in total. The molecule has 1 fully saturated rings. The van der Waals surface area contributed by atoms with E-state index in [0.717, 1.165) is 36.3 Å². The first-order valence-electron chi connectivity index (χ1n) is 7.88. The average Bonchev–Trinajstić information content (AvgIpc) is 2.99. The van der Waals surface area contributed by atoms with Gasteiger partial charge in [-0.1, -0.05) is 0 Å². The van der Waals surface area contributed by atoms with Gasteiger partial charge in [-0.25, -0.2) is 9.97 Å². The molecule has 1 atom stereocenters. The van der Waals surface area contributed by atoms with Gasteiger partial charge in [0, 0.05) is 17.9 Å². The Kier molecular flexibility index (Phi) is 4.91. The molecule has 1 aliphatic heterocycles. The van der Waals surface area contributed by atoms with Crippen LogP contribution in [-0.2, 0) is 11.2 Å². The Balaban J connectivity index is 1.60. The molecule has 1 amide bonds. The molecule has 5 nitrogen and oxygen atoms in total. The molecule has 0 aliphatic carbocycles. The number of carbonyl (C=O) groups is 1. The van der Waals surface area contributed by atoms with Crippen LogP contribution in [0.1, 0.15) is 29.8 Å². The Morgan fingerprint density at radius 3 is 2.87 bits per heavy atom. The minimum Gasteiger partial charge on any atom is -0.458 e. The molecule has 3 heterocycles. The average molecular weight is 331 g/mol. The molecule has 0 spiro atoms. The number of hydrogen-bond donors (Lipinski definition) is 0. The van der Waals surface area contributed by atoms with E-state index in [1.807, 2.05) is 41.6 Å². The second-order valence-electron chi connectivity index (χ2n) is 5.96. The van der Waals surface area contributed by atoms with Crippen molar-refractivity contribution >= 4 is 17.2 Å². The second kappa shape index (κ2) is 7.08. The van der Waals surface area contributed by atoms with Gasteiger partial charge in [0.05, 0.1) is 13.0 Å². The lowest BCUT2D eigenvalue weighted by atomic mass is 10.1. The van der Waals surface area contributed by atoms with Crippen molar-refractivity contribution < 1.29 is 9.53 Å². The summed E-state index contributed by atoms with van der Waals surface area (Å²) < 4.78 is 5.92. The van der Waals surface area contributed by atoms with Crippen molar-refractivity contribution in [3.63, 3.8) is 0 Å². The van der Waals surface area contributed by atoms with Gasteiger partial charge in [0.25, 0.3) is 0 Å². The molecule has 0 bridgehead atoms. The predicted octanol–water partition coefficient (Wildman–Crippen LogP) is 2.77. The highest BCUT2D eigenvalue weighted by Crippen LogP contribution is 2.18.